The van der Waals surface area contributed by atoms with Gasteiger partial charge in [-0.05, 0) is 58.9 Å². The third-order valence-electron chi connectivity index (χ3n) is 5.36. The summed E-state index contributed by atoms with van der Waals surface area (Å²) in [5.74, 6) is 2.35. The second kappa shape index (κ2) is 7.25. The van der Waals surface area contributed by atoms with Gasteiger partial charge in [-0.3, -0.25) is 0 Å². The highest BCUT2D eigenvalue weighted by molar-refractivity contribution is 5.65. The molecular formula is C24H24O2. The normalized spacial score (nSPS) is 19.0. The van der Waals surface area contributed by atoms with Crippen molar-refractivity contribution in [3.63, 3.8) is 0 Å². The van der Waals surface area contributed by atoms with E-state index in [-0.39, 0.29) is 0 Å². The van der Waals surface area contributed by atoms with Gasteiger partial charge < -0.3 is 9.47 Å². The van der Waals surface area contributed by atoms with Crippen LogP contribution < -0.4 is 4.74 Å². The summed E-state index contributed by atoms with van der Waals surface area (Å²) < 4.78 is 10.8. The summed E-state index contributed by atoms with van der Waals surface area (Å²) in [6.45, 7) is 0. The molecule has 1 atom stereocenters. The Morgan fingerprint density at radius 2 is 1.54 bits per heavy atom. The lowest BCUT2D eigenvalue weighted by molar-refractivity contribution is 0.270. The van der Waals surface area contributed by atoms with Gasteiger partial charge in [0, 0.05) is 12.3 Å². The third kappa shape index (κ3) is 3.20. The SMILES string of the molecule is COC1=CC2=C(C=CCC2)C(c2ccc(-c3ccc(OC)cc3)cc2)C1. The van der Waals surface area contributed by atoms with Gasteiger partial charge in [-0.15, -0.1) is 0 Å². The molecule has 1 unspecified atom stereocenters. The van der Waals surface area contributed by atoms with Crippen LogP contribution in [0.15, 0.2) is 83.7 Å². The van der Waals surface area contributed by atoms with E-state index in [2.05, 4.69) is 54.6 Å². The lowest BCUT2D eigenvalue weighted by Crippen LogP contribution is -2.12. The Morgan fingerprint density at radius 1 is 0.846 bits per heavy atom. The summed E-state index contributed by atoms with van der Waals surface area (Å²) >= 11 is 0. The van der Waals surface area contributed by atoms with Crippen molar-refractivity contribution < 1.29 is 9.47 Å². The van der Waals surface area contributed by atoms with Crippen molar-refractivity contribution in [1.82, 2.24) is 0 Å². The third-order valence-corrected chi connectivity index (χ3v) is 5.36. The van der Waals surface area contributed by atoms with Crippen LogP contribution in [0.4, 0.5) is 0 Å². The highest BCUT2D eigenvalue weighted by Gasteiger charge is 2.25. The van der Waals surface area contributed by atoms with E-state index in [9.17, 15) is 0 Å². The van der Waals surface area contributed by atoms with Crippen molar-refractivity contribution in [1.29, 1.82) is 0 Å². The lowest BCUT2D eigenvalue weighted by Gasteiger charge is -2.28. The number of ether oxygens (including phenoxy) is 2. The molecule has 0 N–H and O–H groups in total. The van der Waals surface area contributed by atoms with E-state index >= 15 is 0 Å². The number of hydrogen-bond acceptors (Lipinski definition) is 2. The molecule has 0 radical (unpaired) electrons. The maximum absolute atomic E-state index is 5.60. The second-order valence-electron chi connectivity index (χ2n) is 6.84. The molecule has 4 rings (SSSR count). The van der Waals surface area contributed by atoms with E-state index in [0.29, 0.717) is 5.92 Å². The molecule has 0 aromatic heterocycles. The first kappa shape index (κ1) is 16.7. The molecule has 2 heteroatoms. The van der Waals surface area contributed by atoms with Gasteiger partial charge in [-0.1, -0.05) is 48.6 Å². The molecule has 2 aromatic carbocycles. The monoisotopic (exact) mass is 344 g/mol. The van der Waals surface area contributed by atoms with E-state index < -0.39 is 0 Å². The standard InChI is InChI=1S/C24H24O2/c1-25-21-13-11-18(12-14-21)17-7-9-19(10-8-17)24-16-22(26-2)15-20-5-3-4-6-23(20)24/h4,6-15,24H,3,5,16H2,1-2H3. The zero-order chi connectivity index (χ0) is 17.9. The first-order chi connectivity index (χ1) is 12.8. The zero-order valence-corrected chi connectivity index (χ0v) is 15.4. The summed E-state index contributed by atoms with van der Waals surface area (Å²) in [5, 5.41) is 0. The van der Waals surface area contributed by atoms with Crippen molar-refractivity contribution >= 4 is 0 Å². The molecular weight excluding hydrogens is 320 g/mol. The van der Waals surface area contributed by atoms with Gasteiger partial charge in [0.15, 0.2) is 0 Å². The minimum atomic E-state index is 0.381. The number of rotatable bonds is 4. The molecule has 26 heavy (non-hydrogen) atoms. The van der Waals surface area contributed by atoms with E-state index in [1.807, 2.05) is 12.1 Å². The first-order valence-corrected chi connectivity index (χ1v) is 9.17. The van der Waals surface area contributed by atoms with Crippen molar-refractivity contribution in [3.05, 3.63) is 89.2 Å². The van der Waals surface area contributed by atoms with Crippen LogP contribution in [0.25, 0.3) is 11.1 Å². The van der Waals surface area contributed by atoms with Crippen LogP contribution in [0.3, 0.4) is 0 Å². The average molecular weight is 344 g/mol. The summed E-state index contributed by atoms with van der Waals surface area (Å²) in [6.07, 6.45) is 10.0. The molecule has 0 aliphatic heterocycles. The summed E-state index contributed by atoms with van der Waals surface area (Å²) in [6, 6.07) is 17.2. The largest absolute Gasteiger partial charge is 0.501 e. The number of benzene rings is 2. The van der Waals surface area contributed by atoms with Crippen LogP contribution >= 0.6 is 0 Å². The fourth-order valence-electron chi connectivity index (χ4n) is 3.89. The number of hydrogen-bond donors (Lipinski definition) is 0. The van der Waals surface area contributed by atoms with Crippen LogP contribution in [-0.2, 0) is 4.74 Å². The van der Waals surface area contributed by atoms with Gasteiger partial charge in [0.25, 0.3) is 0 Å². The topological polar surface area (TPSA) is 18.5 Å². The van der Waals surface area contributed by atoms with Gasteiger partial charge in [0.2, 0.25) is 0 Å². The quantitative estimate of drug-likeness (QED) is 0.674. The van der Waals surface area contributed by atoms with Gasteiger partial charge >= 0.3 is 0 Å². The average Bonchev–Trinajstić information content (AvgIpc) is 2.73. The lowest BCUT2D eigenvalue weighted by atomic mass is 9.78. The first-order valence-electron chi connectivity index (χ1n) is 9.17. The van der Waals surface area contributed by atoms with Crippen LogP contribution in [-0.4, -0.2) is 14.2 Å². The molecule has 0 heterocycles. The Labute approximate surface area is 155 Å². The smallest absolute Gasteiger partial charge is 0.118 e. The van der Waals surface area contributed by atoms with E-state index in [4.69, 9.17) is 9.47 Å². The van der Waals surface area contributed by atoms with Crippen molar-refractivity contribution in [3.8, 4) is 16.9 Å². The van der Waals surface area contributed by atoms with Gasteiger partial charge in [0.1, 0.15) is 5.75 Å². The van der Waals surface area contributed by atoms with Gasteiger partial charge in [-0.2, -0.15) is 0 Å². The van der Waals surface area contributed by atoms with Crippen LogP contribution in [0, 0.1) is 0 Å². The Morgan fingerprint density at radius 3 is 2.19 bits per heavy atom. The zero-order valence-electron chi connectivity index (χ0n) is 15.4. The fourth-order valence-corrected chi connectivity index (χ4v) is 3.89. The molecule has 2 aliphatic rings. The molecule has 2 aliphatic carbocycles. The minimum absolute atomic E-state index is 0.381. The molecule has 0 fully saturated rings. The van der Waals surface area contributed by atoms with Crippen molar-refractivity contribution in [2.45, 2.75) is 25.2 Å². The van der Waals surface area contributed by atoms with Gasteiger partial charge in [0.05, 0.1) is 20.0 Å². The molecule has 0 saturated heterocycles. The van der Waals surface area contributed by atoms with Crippen LogP contribution in [0.2, 0.25) is 0 Å². The molecule has 0 saturated carbocycles. The Balaban J connectivity index is 1.63. The van der Waals surface area contributed by atoms with E-state index in [1.54, 1.807) is 14.2 Å². The van der Waals surface area contributed by atoms with Crippen LogP contribution in [0.5, 0.6) is 5.75 Å². The molecule has 2 aromatic rings. The molecule has 0 bridgehead atoms. The number of allylic oxidation sites excluding steroid dienone is 6. The number of methoxy groups -OCH3 is 2. The maximum Gasteiger partial charge on any atom is 0.118 e. The predicted octanol–water partition coefficient (Wildman–Crippen LogP) is 6.03. The maximum atomic E-state index is 5.60. The molecule has 0 amide bonds. The van der Waals surface area contributed by atoms with E-state index in [1.165, 1.54) is 27.8 Å². The van der Waals surface area contributed by atoms with Crippen LogP contribution in [0.1, 0.15) is 30.7 Å². The van der Waals surface area contributed by atoms with Gasteiger partial charge in [-0.25, -0.2) is 0 Å². The Kier molecular flexibility index (Phi) is 4.66. The second-order valence-corrected chi connectivity index (χ2v) is 6.84. The Hall–Kier alpha value is -2.74. The Bertz CT molecular complexity index is 867. The molecule has 2 nitrogen and oxygen atoms in total. The van der Waals surface area contributed by atoms with E-state index in [0.717, 1.165) is 30.8 Å². The predicted molar refractivity (Wildman–Crippen MR) is 106 cm³/mol. The van der Waals surface area contributed by atoms with Crippen molar-refractivity contribution in [2.75, 3.05) is 14.2 Å². The summed E-state index contributed by atoms with van der Waals surface area (Å²) in [5.41, 5.74) is 6.66. The fraction of sp³-hybridized carbons (Fsp3) is 0.250. The molecule has 0 spiro atoms. The highest BCUT2D eigenvalue weighted by atomic mass is 16.5. The summed E-state index contributed by atoms with van der Waals surface area (Å²) in [7, 11) is 3.47. The highest BCUT2D eigenvalue weighted by Crippen LogP contribution is 2.41. The van der Waals surface area contributed by atoms with Crippen molar-refractivity contribution in [2.24, 2.45) is 0 Å². The minimum Gasteiger partial charge on any atom is -0.501 e. The molecule has 132 valence electrons. The summed E-state index contributed by atoms with van der Waals surface area (Å²) in [4.78, 5) is 0.